The number of ether oxygens (including phenoxy) is 1. The first-order chi connectivity index (χ1) is 17.0. The summed E-state index contributed by atoms with van der Waals surface area (Å²) in [5, 5.41) is 3.58. The minimum Gasteiger partial charge on any atom is -0.490 e. The van der Waals surface area contributed by atoms with Crippen molar-refractivity contribution in [1.82, 2.24) is 19.8 Å². The summed E-state index contributed by atoms with van der Waals surface area (Å²) in [6, 6.07) is 1.87. The Morgan fingerprint density at radius 2 is 1.97 bits per heavy atom. The average Bonchev–Trinajstić information content (AvgIpc) is 3.26. The number of rotatable bonds is 7. The van der Waals surface area contributed by atoms with Crippen LogP contribution < -0.4 is 20.2 Å². The lowest BCUT2D eigenvalue weighted by molar-refractivity contribution is -0.127. The molecule has 0 aromatic carbocycles. The maximum absolute atomic E-state index is 13.2. The van der Waals surface area contributed by atoms with Crippen molar-refractivity contribution < 1.29 is 18.9 Å². The zero-order valence-corrected chi connectivity index (χ0v) is 22.8. The number of H-pyrrole nitrogens is 1. The maximum atomic E-state index is 13.2. The molecule has 36 heavy (non-hydrogen) atoms. The van der Waals surface area contributed by atoms with Gasteiger partial charge in [-0.15, -0.1) is 11.3 Å². The van der Waals surface area contributed by atoms with Crippen LogP contribution in [0.4, 0.5) is 0 Å². The Kier molecular flexibility index (Phi) is 6.16. The molecule has 2 amide bonds. The van der Waals surface area contributed by atoms with Crippen LogP contribution in [0.5, 0.6) is 5.75 Å². The van der Waals surface area contributed by atoms with Crippen LogP contribution >= 0.6 is 18.5 Å². The second kappa shape index (κ2) is 8.92. The van der Waals surface area contributed by atoms with E-state index in [1.807, 2.05) is 6.92 Å². The first-order valence-electron chi connectivity index (χ1n) is 12.1. The molecule has 5 rings (SSSR count). The fourth-order valence-electron chi connectivity index (χ4n) is 4.72. The number of aromatic amines is 1. The van der Waals surface area contributed by atoms with Crippen LogP contribution in [0.1, 0.15) is 41.7 Å². The number of nitrogens with one attached hydrogen (secondary N) is 2. The largest absolute Gasteiger partial charge is 0.490 e. The molecule has 3 aromatic heterocycles. The van der Waals surface area contributed by atoms with Gasteiger partial charge in [0.2, 0.25) is 5.91 Å². The number of likely N-dealkylation sites (tertiary alicyclic amines) is 1. The number of carbonyl (C=O) groups excluding carboxylic acids is 2. The van der Waals surface area contributed by atoms with Gasteiger partial charge in [0, 0.05) is 49.3 Å². The minimum absolute atomic E-state index is 0.0340. The monoisotopic (exact) mass is 530 g/mol. The standard InChI is InChI=1S/C25H31N4O5PS/c1-13-21(34-12-15-8-9-19(30)29(15)3)22(36-25(13)35(4,5)33)17-11-28(2)24(32)20-16(17)10-18(27-20)23(31)26-14-6-7-14/h10-11,14-15,27H,6-9,12H2,1-5H3,(H,26,31). The van der Waals surface area contributed by atoms with Crippen molar-refractivity contribution in [3.05, 3.63) is 33.9 Å². The van der Waals surface area contributed by atoms with E-state index in [-0.39, 0.29) is 29.5 Å². The van der Waals surface area contributed by atoms with Crippen molar-refractivity contribution in [2.75, 3.05) is 27.0 Å². The molecular weight excluding hydrogens is 499 g/mol. The molecule has 0 bridgehead atoms. The molecule has 9 nitrogen and oxygen atoms in total. The molecule has 192 valence electrons. The van der Waals surface area contributed by atoms with Crippen molar-refractivity contribution in [3.63, 3.8) is 0 Å². The van der Waals surface area contributed by atoms with Gasteiger partial charge in [0.05, 0.1) is 15.5 Å². The van der Waals surface area contributed by atoms with Gasteiger partial charge in [-0.2, -0.15) is 0 Å². The van der Waals surface area contributed by atoms with E-state index in [4.69, 9.17) is 4.74 Å². The zero-order valence-electron chi connectivity index (χ0n) is 21.1. The molecule has 0 spiro atoms. The molecule has 2 N–H and O–H groups in total. The van der Waals surface area contributed by atoms with E-state index < -0.39 is 7.14 Å². The van der Waals surface area contributed by atoms with Crippen LogP contribution in [-0.4, -0.2) is 65.3 Å². The van der Waals surface area contributed by atoms with Crippen LogP contribution in [0.25, 0.3) is 21.3 Å². The fourth-order valence-corrected chi connectivity index (χ4v) is 7.80. The normalized spacial score (nSPS) is 18.3. The highest BCUT2D eigenvalue weighted by Crippen LogP contribution is 2.48. The second-order valence-electron chi connectivity index (χ2n) is 10.2. The molecule has 11 heteroatoms. The molecule has 1 unspecified atom stereocenters. The van der Waals surface area contributed by atoms with Crippen molar-refractivity contribution in [2.24, 2.45) is 7.05 Å². The number of amides is 2. The van der Waals surface area contributed by atoms with E-state index in [0.29, 0.717) is 35.4 Å². The lowest BCUT2D eigenvalue weighted by atomic mass is 10.1. The van der Waals surface area contributed by atoms with E-state index >= 15 is 0 Å². The molecule has 1 aliphatic carbocycles. The minimum atomic E-state index is -2.62. The quantitative estimate of drug-likeness (QED) is 0.456. The van der Waals surface area contributed by atoms with Gasteiger partial charge in [-0.3, -0.25) is 14.4 Å². The molecule has 1 atom stereocenters. The summed E-state index contributed by atoms with van der Waals surface area (Å²) < 4.78 is 21.8. The lowest BCUT2D eigenvalue weighted by Gasteiger charge is -2.21. The third-order valence-corrected chi connectivity index (χ3v) is 11.0. The van der Waals surface area contributed by atoms with Gasteiger partial charge in [0.1, 0.15) is 30.7 Å². The maximum Gasteiger partial charge on any atom is 0.274 e. The molecular formula is C25H31N4O5PS. The van der Waals surface area contributed by atoms with Crippen molar-refractivity contribution in [2.45, 2.75) is 44.7 Å². The van der Waals surface area contributed by atoms with E-state index in [1.54, 1.807) is 44.6 Å². The van der Waals surface area contributed by atoms with Crippen molar-refractivity contribution in [1.29, 1.82) is 0 Å². The Morgan fingerprint density at radius 3 is 2.58 bits per heavy atom. The third-order valence-electron chi connectivity index (χ3n) is 6.97. The van der Waals surface area contributed by atoms with Gasteiger partial charge in [-0.25, -0.2) is 0 Å². The Bertz CT molecular complexity index is 1490. The predicted molar refractivity (Wildman–Crippen MR) is 142 cm³/mol. The number of hydrogen-bond acceptors (Lipinski definition) is 6. The average molecular weight is 531 g/mol. The summed E-state index contributed by atoms with van der Waals surface area (Å²) in [4.78, 5) is 43.2. The highest BCUT2D eigenvalue weighted by Gasteiger charge is 2.31. The molecule has 2 aliphatic rings. The molecule has 1 saturated heterocycles. The Balaban J connectivity index is 1.63. The molecule has 4 heterocycles. The van der Waals surface area contributed by atoms with Gasteiger partial charge in [0.25, 0.3) is 11.5 Å². The van der Waals surface area contributed by atoms with Gasteiger partial charge in [-0.1, -0.05) is 0 Å². The summed E-state index contributed by atoms with van der Waals surface area (Å²) in [7, 11) is 0.832. The molecule has 2 fully saturated rings. The summed E-state index contributed by atoms with van der Waals surface area (Å²) >= 11 is 1.40. The van der Waals surface area contributed by atoms with E-state index in [0.717, 1.165) is 39.9 Å². The molecule has 1 saturated carbocycles. The number of aryl methyl sites for hydroxylation is 1. The SMILES string of the molecule is Cc1c(P(C)(C)=O)sc(-c2cn(C)c(=O)c3[nH]c(C(=O)NC4CC4)cc23)c1OCC1CCC(=O)N1C. The number of fused-ring (bicyclic) bond motifs is 1. The second-order valence-corrected chi connectivity index (χ2v) is 14.7. The van der Waals surface area contributed by atoms with E-state index in [2.05, 4.69) is 10.3 Å². The van der Waals surface area contributed by atoms with Crippen molar-refractivity contribution >= 4 is 45.8 Å². The number of carbonyl (C=O) groups is 2. The number of likely N-dealkylation sites (N-methyl/N-ethyl adjacent to an activating group) is 1. The van der Waals surface area contributed by atoms with Crippen LogP contribution in [0, 0.1) is 6.92 Å². The summed E-state index contributed by atoms with van der Waals surface area (Å²) in [6.07, 6.45) is 4.90. The van der Waals surface area contributed by atoms with Gasteiger partial charge in [0.15, 0.2) is 0 Å². The van der Waals surface area contributed by atoms with Gasteiger partial charge in [-0.05, 0) is 45.6 Å². The highest BCUT2D eigenvalue weighted by atomic mass is 32.1. The van der Waals surface area contributed by atoms with Gasteiger partial charge < -0.3 is 29.1 Å². The Morgan fingerprint density at radius 1 is 1.25 bits per heavy atom. The fraction of sp³-hybridized carbons (Fsp3) is 0.480. The highest BCUT2D eigenvalue weighted by molar-refractivity contribution is 7.76. The number of hydrogen-bond donors (Lipinski definition) is 2. The topological polar surface area (TPSA) is 114 Å². The van der Waals surface area contributed by atoms with Crippen LogP contribution in [-0.2, 0) is 16.4 Å². The number of pyridine rings is 1. The number of aromatic nitrogens is 2. The molecule has 0 radical (unpaired) electrons. The molecule has 3 aromatic rings. The Labute approximate surface area is 213 Å². The van der Waals surface area contributed by atoms with Crippen LogP contribution in [0.3, 0.4) is 0 Å². The van der Waals surface area contributed by atoms with E-state index in [9.17, 15) is 18.9 Å². The third kappa shape index (κ3) is 4.41. The molecule has 1 aliphatic heterocycles. The summed E-state index contributed by atoms with van der Waals surface area (Å²) in [5.74, 6) is 0.473. The van der Waals surface area contributed by atoms with E-state index in [1.165, 1.54) is 15.9 Å². The Hall–Kier alpha value is -2.84. The van der Waals surface area contributed by atoms with Crippen LogP contribution in [0.15, 0.2) is 17.1 Å². The first-order valence-corrected chi connectivity index (χ1v) is 15.5. The lowest BCUT2D eigenvalue weighted by Crippen LogP contribution is -2.33. The van der Waals surface area contributed by atoms with Crippen molar-refractivity contribution in [3.8, 4) is 16.2 Å². The first kappa shape index (κ1) is 24.8. The summed E-state index contributed by atoms with van der Waals surface area (Å²) in [5.41, 5.74) is 1.97. The van der Waals surface area contributed by atoms with Gasteiger partial charge >= 0.3 is 0 Å². The number of nitrogens with zero attached hydrogens (tertiary/aromatic N) is 2. The zero-order chi connectivity index (χ0) is 25.9. The summed E-state index contributed by atoms with van der Waals surface area (Å²) in [6.45, 7) is 5.69. The van der Waals surface area contributed by atoms with Crippen LogP contribution in [0.2, 0.25) is 0 Å². The number of thiophene rings is 1. The smallest absolute Gasteiger partial charge is 0.274 e. The predicted octanol–water partition coefficient (Wildman–Crippen LogP) is 3.04.